The number of fused-ring (bicyclic) bond motifs is 1. The van der Waals surface area contributed by atoms with E-state index in [-0.39, 0.29) is 5.92 Å². The van der Waals surface area contributed by atoms with E-state index in [9.17, 15) is 8.42 Å². The molecule has 0 saturated carbocycles. The molecule has 3 aromatic heterocycles. The molecule has 0 amide bonds. The number of nitrogens with zero attached hydrogens (tertiary/aromatic N) is 6. The molecule has 8 nitrogen and oxygen atoms in total. The van der Waals surface area contributed by atoms with E-state index in [1.54, 1.807) is 34.9 Å². The van der Waals surface area contributed by atoms with Gasteiger partial charge in [-0.25, -0.2) is 8.42 Å². The van der Waals surface area contributed by atoms with Gasteiger partial charge in [0.15, 0.2) is 5.65 Å². The monoisotopic (exact) mass is 420 g/mol. The number of piperidine rings is 1. The summed E-state index contributed by atoms with van der Waals surface area (Å²) in [5.74, 6) is 1.08. The minimum atomic E-state index is -3.57. The third-order valence-electron chi connectivity index (χ3n) is 5.55. The molecule has 4 heterocycles. The maximum absolute atomic E-state index is 13.2. The van der Waals surface area contributed by atoms with Gasteiger partial charge in [0, 0.05) is 30.8 Å². The molecule has 1 fully saturated rings. The quantitative estimate of drug-likeness (QED) is 0.504. The first kappa shape index (κ1) is 18.8. The van der Waals surface area contributed by atoms with E-state index >= 15 is 0 Å². The lowest BCUT2D eigenvalue weighted by atomic mass is 9.97. The molecule has 9 heteroatoms. The van der Waals surface area contributed by atoms with Crippen LogP contribution in [0, 0.1) is 0 Å². The molecule has 0 spiro atoms. The van der Waals surface area contributed by atoms with Crippen LogP contribution in [0.5, 0.6) is 0 Å². The molecule has 1 aliphatic heterocycles. The summed E-state index contributed by atoms with van der Waals surface area (Å²) in [5.41, 5.74) is 2.44. The van der Waals surface area contributed by atoms with Crippen molar-refractivity contribution in [3.05, 3.63) is 72.9 Å². The van der Waals surface area contributed by atoms with Crippen LogP contribution >= 0.6 is 0 Å². The van der Waals surface area contributed by atoms with E-state index in [1.807, 2.05) is 40.9 Å². The Hall–Kier alpha value is -3.17. The number of sulfonamides is 1. The van der Waals surface area contributed by atoms with Crippen molar-refractivity contribution >= 4 is 15.7 Å². The van der Waals surface area contributed by atoms with Gasteiger partial charge < -0.3 is 0 Å². The van der Waals surface area contributed by atoms with Gasteiger partial charge in [0.1, 0.15) is 5.82 Å². The van der Waals surface area contributed by atoms with Crippen LogP contribution in [0.15, 0.2) is 72.0 Å². The molecule has 0 aliphatic carbocycles. The molecule has 0 N–H and O–H groups in total. The maximum atomic E-state index is 13.2. The second-order valence-corrected chi connectivity index (χ2v) is 9.26. The predicted octanol–water partition coefficient (Wildman–Crippen LogP) is 2.75. The number of pyridine rings is 1. The summed E-state index contributed by atoms with van der Waals surface area (Å²) in [6.45, 7) is 0.908. The predicted molar refractivity (Wildman–Crippen MR) is 111 cm³/mol. The second kappa shape index (κ2) is 7.58. The first-order chi connectivity index (χ1) is 14.6. The standard InChI is InChI=1S/C21H20N6O2S/c28-30(29,19-5-3-4-17(14-19)18-7-10-22-23-15-18)26-12-8-16(9-13-26)21-25-24-20-6-1-2-11-27(20)21/h1-7,10-11,14-16H,8-9,12-13H2. The fraction of sp³-hybridized carbons (Fsp3) is 0.238. The molecule has 0 atom stereocenters. The van der Waals surface area contributed by atoms with Crippen LogP contribution in [0.1, 0.15) is 24.6 Å². The Labute approximate surface area is 174 Å². The van der Waals surface area contributed by atoms with Crippen LogP contribution in [0.4, 0.5) is 0 Å². The third-order valence-corrected chi connectivity index (χ3v) is 7.44. The fourth-order valence-electron chi connectivity index (χ4n) is 3.94. The average molecular weight is 420 g/mol. The van der Waals surface area contributed by atoms with Crippen molar-refractivity contribution in [2.75, 3.05) is 13.1 Å². The Kier molecular flexibility index (Phi) is 4.76. The number of rotatable bonds is 4. The highest BCUT2D eigenvalue weighted by molar-refractivity contribution is 7.89. The molecule has 0 radical (unpaired) electrons. The lowest BCUT2D eigenvalue weighted by Gasteiger charge is -2.30. The molecule has 1 aromatic carbocycles. The van der Waals surface area contributed by atoms with Crippen molar-refractivity contribution in [1.82, 2.24) is 29.1 Å². The minimum absolute atomic E-state index is 0.183. The Morgan fingerprint density at radius 1 is 0.900 bits per heavy atom. The smallest absolute Gasteiger partial charge is 0.243 e. The summed E-state index contributed by atoms with van der Waals surface area (Å²) < 4.78 is 30.0. The van der Waals surface area contributed by atoms with Gasteiger partial charge >= 0.3 is 0 Å². The molecule has 152 valence electrons. The van der Waals surface area contributed by atoms with Crippen molar-refractivity contribution < 1.29 is 8.42 Å². The zero-order valence-electron chi connectivity index (χ0n) is 16.2. The summed E-state index contributed by atoms with van der Waals surface area (Å²) in [6.07, 6.45) is 6.59. The van der Waals surface area contributed by atoms with Crippen molar-refractivity contribution in [3.8, 4) is 11.1 Å². The Balaban J connectivity index is 1.36. The molecule has 5 rings (SSSR count). The molecule has 4 aromatic rings. The van der Waals surface area contributed by atoms with E-state index in [0.717, 1.165) is 22.6 Å². The Morgan fingerprint density at radius 2 is 1.77 bits per heavy atom. The maximum Gasteiger partial charge on any atom is 0.243 e. The lowest BCUT2D eigenvalue weighted by molar-refractivity contribution is 0.312. The van der Waals surface area contributed by atoms with Crippen molar-refractivity contribution in [2.45, 2.75) is 23.7 Å². The minimum Gasteiger partial charge on any atom is -0.286 e. The molecule has 0 unspecified atom stereocenters. The summed E-state index contributed by atoms with van der Waals surface area (Å²) in [4.78, 5) is 0.295. The topological polar surface area (TPSA) is 93.4 Å². The summed E-state index contributed by atoms with van der Waals surface area (Å²) in [6, 6.07) is 14.6. The molecule has 1 saturated heterocycles. The van der Waals surface area contributed by atoms with Gasteiger partial charge in [-0.05, 0) is 48.7 Å². The molecular weight excluding hydrogens is 400 g/mol. The van der Waals surface area contributed by atoms with Crippen LogP contribution in [-0.4, -0.2) is 50.6 Å². The molecule has 0 bridgehead atoms. The number of benzene rings is 1. The highest BCUT2D eigenvalue weighted by atomic mass is 32.2. The lowest BCUT2D eigenvalue weighted by Crippen LogP contribution is -2.38. The van der Waals surface area contributed by atoms with Crippen molar-refractivity contribution in [2.24, 2.45) is 0 Å². The molecule has 1 aliphatic rings. The summed E-state index contributed by atoms with van der Waals surface area (Å²) >= 11 is 0. The van der Waals surface area contributed by atoms with Gasteiger partial charge in [-0.2, -0.15) is 14.5 Å². The average Bonchev–Trinajstić information content (AvgIpc) is 3.24. The van der Waals surface area contributed by atoms with Crippen molar-refractivity contribution in [1.29, 1.82) is 0 Å². The van der Waals surface area contributed by atoms with E-state index in [1.165, 1.54) is 0 Å². The molecule has 30 heavy (non-hydrogen) atoms. The SMILES string of the molecule is O=S(=O)(c1cccc(-c2ccnnc2)c1)N1CCC(c2nnc3ccccn23)CC1. The first-order valence-corrected chi connectivity index (χ1v) is 11.2. The zero-order chi connectivity index (χ0) is 20.6. The van der Waals surface area contributed by atoms with E-state index < -0.39 is 10.0 Å². The van der Waals surface area contributed by atoms with Crippen LogP contribution in [0.2, 0.25) is 0 Å². The van der Waals surface area contributed by atoms with Crippen LogP contribution in [-0.2, 0) is 10.0 Å². The first-order valence-electron chi connectivity index (χ1n) is 9.80. The zero-order valence-corrected chi connectivity index (χ0v) is 17.0. The van der Waals surface area contributed by atoms with E-state index in [4.69, 9.17) is 0 Å². The summed E-state index contributed by atoms with van der Waals surface area (Å²) in [7, 11) is -3.57. The third kappa shape index (κ3) is 3.35. The van der Waals surface area contributed by atoms with Gasteiger partial charge in [0.2, 0.25) is 10.0 Å². The van der Waals surface area contributed by atoms with Crippen LogP contribution < -0.4 is 0 Å². The highest BCUT2D eigenvalue weighted by Crippen LogP contribution is 2.31. The molecular formula is C21H20N6O2S. The van der Waals surface area contributed by atoms with Gasteiger partial charge in [0.05, 0.1) is 17.3 Å². The van der Waals surface area contributed by atoms with Gasteiger partial charge in [-0.3, -0.25) is 4.40 Å². The Bertz CT molecular complexity index is 1280. The Morgan fingerprint density at radius 3 is 2.57 bits per heavy atom. The second-order valence-electron chi connectivity index (χ2n) is 7.32. The van der Waals surface area contributed by atoms with Gasteiger partial charge in [-0.1, -0.05) is 18.2 Å². The fourth-order valence-corrected chi connectivity index (χ4v) is 5.46. The number of aromatic nitrogens is 5. The van der Waals surface area contributed by atoms with Crippen molar-refractivity contribution in [3.63, 3.8) is 0 Å². The number of hydrogen-bond donors (Lipinski definition) is 0. The van der Waals surface area contributed by atoms with Crippen LogP contribution in [0.25, 0.3) is 16.8 Å². The highest BCUT2D eigenvalue weighted by Gasteiger charge is 2.31. The summed E-state index contributed by atoms with van der Waals surface area (Å²) in [5, 5.41) is 16.2. The van der Waals surface area contributed by atoms with E-state index in [0.29, 0.717) is 30.8 Å². The largest absolute Gasteiger partial charge is 0.286 e. The number of hydrogen-bond acceptors (Lipinski definition) is 6. The normalized spacial score (nSPS) is 16.1. The van der Waals surface area contributed by atoms with Gasteiger partial charge in [0.25, 0.3) is 0 Å². The van der Waals surface area contributed by atoms with E-state index in [2.05, 4.69) is 20.4 Å². The van der Waals surface area contributed by atoms with Gasteiger partial charge in [-0.15, -0.1) is 10.2 Å². The van der Waals surface area contributed by atoms with Crippen LogP contribution in [0.3, 0.4) is 0 Å².